The minimum Gasteiger partial charge on any atom is -0.489 e. The molecule has 0 bridgehead atoms. The van der Waals surface area contributed by atoms with Crippen molar-refractivity contribution in [1.82, 2.24) is 0 Å². The average molecular weight is 198 g/mol. The molecule has 14 heavy (non-hydrogen) atoms. The number of hydrogen-bond acceptors (Lipinski definition) is 4. The van der Waals surface area contributed by atoms with Gasteiger partial charge in [0.05, 0.1) is 0 Å². The summed E-state index contributed by atoms with van der Waals surface area (Å²) in [7, 11) is 0. The second-order valence-electron chi connectivity index (χ2n) is 2.95. The van der Waals surface area contributed by atoms with Crippen LogP contribution in [0, 0.1) is 0 Å². The van der Waals surface area contributed by atoms with E-state index in [0.29, 0.717) is 25.0 Å². The first-order valence-corrected chi connectivity index (χ1v) is 4.22. The minimum atomic E-state index is -1.52. The van der Waals surface area contributed by atoms with Crippen LogP contribution in [-0.2, 0) is 19.1 Å². The molecule has 0 saturated heterocycles. The third-order valence-electron chi connectivity index (χ3n) is 1.80. The third kappa shape index (κ3) is 3.01. The Bertz CT molecular complexity index is 302. The predicted molar refractivity (Wildman–Crippen MR) is 45.5 cm³/mol. The molecule has 0 saturated carbocycles. The summed E-state index contributed by atoms with van der Waals surface area (Å²) in [5.41, 5.74) is 0. The molecule has 0 aromatic carbocycles. The molecule has 0 aromatic rings. The summed E-state index contributed by atoms with van der Waals surface area (Å²) in [6.45, 7) is -0.506. The lowest BCUT2D eigenvalue weighted by molar-refractivity contribution is -0.150. The van der Waals surface area contributed by atoms with Crippen LogP contribution in [0.3, 0.4) is 0 Å². The van der Waals surface area contributed by atoms with E-state index >= 15 is 0 Å². The fourth-order valence-corrected chi connectivity index (χ4v) is 1.09. The Balaban J connectivity index is 2.41. The van der Waals surface area contributed by atoms with Gasteiger partial charge >= 0.3 is 5.97 Å². The van der Waals surface area contributed by atoms with Gasteiger partial charge < -0.3 is 9.84 Å². The molecule has 0 atom stereocenters. The molecular formula is C9H10O5. The molecule has 1 rings (SSSR count). The number of Topliss-reactive ketones (excluding diaryl/α,β-unsaturated/α-hetero) is 1. The van der Waals surface area contributed by atoms with E-state index in [-0.39, 0.29) is 5.78 Å². The highest BCUT2D eigenvalue weighted by molar-refractivity contribution is 6.33. The van der Waals surface area contributed by atoms with Crippen molar-refractivity contribution in [2.45, 2.75) is 19.3 Å². The van der Waals surface area contributed by atoms with Gasteiger partial charge in [0, 0.05) is 18.9 Å². The fraction of sp³-hybridized carbons (Fsp3) is 0.444. The zero-order chi connectivity index (χ0) is 10.6. The minimum absolute atomic E-state index is 0.0472. The van der Waals surface area contributed by atoms with Crippen LogP contribution >= 0.6 is 0 Å². The summed E-state index contributed by atoms with van der Waals surface area (Å²) < 4.78 is 4.89. The van der Waals surface area contributed by atoms with Crippen LogP contribution in [0.5, 0.6) is 0 Å². The monoisotopic (exact) mass is 198 g/mol. The molecule has 5 heteroatoms. The maximum absolute atomic E-state index is 10.9. The number of carbonyl (C=O) groups excluding carboxylic acids is 2. The molecule has 76 valence electrons. The summed E-state index contributed by atoms with van der Waals surface area (Å²) in [5, 5.41) is 8.25. The number of carboxylic acid groups (broad SMARTS) is 1. The topological polar surface area (TPSA) is 80.7 Å². The number of carboxylic acids is 1. The summed E-state index contributed by atoms with van der Waals surface area (Å²) in [4.78, 5) is 31.6. The van der Waals surface area contributed by atoms with Crippen molar-refractivity contribution in [3.63, 3.8) is 0 Å². The number of ketones is 2. The lowest BCUT2D eigenvalue weighted by Gasteiger charge is -2.11. The van der Waals surface area contributed by atoms with E-state index in [2.05, 4.69) is 0 Å². The van der Waals surface area contributed by atoms with Crippen molar-refractivity contribution in [2.24, 2.45) is 0 Å². The van der Waals surface area contributed by atoms with Gasteiger partial charge in [-0.25, -0.2) is 4.79 Å². The van der Waals surface area contributed by atoms with Gasteiger partial charge in [-0.3, -0.25) is 9.59 Å². The van der Waals surface area contributed by atoms with Crippen LogP contribution < -0.4 is 0 Å². The Morgan fingerprint density at radius 1 is 1.43 bits per heavy atom. The molecule has 5 nitrogen and oxygen atoms in total. The number of carbonyl (C=O) groups is 3. The van der Waals surface area contributed by atoms with Crippen molar-refractivity contribution >= 4 is 17.5 Å². The van der Waals surface area contributed by atoms with E-state index in [9.17, 15) is 14.4 Å². The highest BCUT2D eigenvalue weighted by Gasteiger charge is 2.15. The Labute approximate surface area is 80.4 Å². The summed E-state index contributed by atoms with van der Waals surface area (Å²) in [6.07, 6.45) is 3.07. The number of aliphatic carboxylic acids is 1. The third-order valence-corrected chi connectivity index (χ3v) is 1.80. The second-order valence-corrected chi connectivity index (χ2v) is 2.95. The van der Waals surface area contributed by atoms with Crippen molar-refractivity contribution in [1.29, 1.82) is 0 Å². The van der Waals surface area contributed by atoms with Crippen LogP contribution in [0.15, 0.2) is 11.8 Å². The molecule has 0 unspecified atom stereocenters. The smallest absolute Gasteiger partial charge is 0.375 e. The van der Waals surface area contributed by atoms with Crippen molar-refractivity contribution < 1.29 is 24.2 Å². The number of hydrogen-bond donors (Lipinski definition) is 1. The molecule has 0 heterocycles. The summed E-state index contributed by atoms with van der Waals surface area (Å²) in [5.74, 6) is -2.18. The SMILES string of the molecule is O=C1C=C(OCC(=O)C(=O)O)CCC1. The van der Waals surface area contributed by atoms with Crippen molar-refractivity contribution in [2.75, 3.05) is 6.61 Å². The molecular weight excluding hydrogens is 188 g/mol. The number of rotatable bonds is 4. The molecule has 0 spiro atoms. The summed E-state index contributed by atoms with van der Waals surface area (Å²) in [6, 6.07) is 0. The van der Waals surface area contributed by atoms with Crippen LogP contribution in [0.2, 0.25) is 0 Å². The van der Waals surface area contributed by atoms with Crippen LogP contribution in [0.4, 0.5) is 0 Å². The average Bonchev–Trinajstić information content (AvgIpc) is 2.14. The molecule has 1 aliphatic carbocycles. The number of allylic oxidation sites excluding steroid dienone is 2. The Morgan fingerprint density at radius 2 is 2.14 bits per heavy atom. The second kappa shape index (κ2) is 4.55. The van der Waals surface area contributed by atoms with Gasteiger partial charge in [0.25, 0.3) is 5.78 Å². The zero-order valence-electron chi connectivity index (χ0n) is 7.49. The lowest BCUT2D eigenvalue weighted by Crippen LogP contribution is -2.19. The van der Waals surface area contributed by atoms with Crippen LogP contribution in [0.1, 0.15) is 19.3 Å². The van der Waals surface area contributed by atoms with Gasteiger partial charge in [0.15, 0.2) is 12.4 Å². The Hall–Kier alpha value is -1.65. The molecule has 0 fully saturated rings. The Morgan fingerprint density at radius 3 is 2.71 bits per heavy atom. The Kier molecular flexibility index (Phi) is 3.39. The maximum Gasteiger partial charge on any atom is 0.375 e. The maximum atomic E-state index is 10.9. The zero-order valence-corrected chi connectivity index (χ0v) is 7.49. The fourth-order valence-electron chi connectivity index (χ4n) is 1.09. The first kappa shape index (κ1) is 10.4. The van der Waals surface area contributed by atoms with Gasteiger partial charge in [-0.05, 0) is 6.42 Å². The van der Waals surface area contributed by atoms with E-state index in [1.54, 1.807) is 0 Å². The van der Waals surface area contributed by atoms with Gasteiger partial charge in [-0.15, -0.1) is 0 Å². The van der Waals surface area contributed by atoms with E-state index in [4.69, 9.17) is 9.84 Å². The molecule has 0 aromatic heterocycles. The largest absolute Gasteiger partial charge is 0.489 e. The van der Waals surface area contributed by atoms with Gasteiger partial charge in [0.1, 0.15) is 5.76 Å². The van der Waals surface area contributed by atoms with Crippen LogP contribution in [0.25, 0.3) is 0 Å². The van der Waals surface area contributed by atoms with Crippen molar-refractivity contribution in [3.05, 3.63) is 11.8 Å². The predicted octanol–water partition coefficient (Wildman–Crippen LogP) is 0.294. The molecule has 1 aliphatic rings. The molecule has 0 radical (unpaired) electrons. The lowest BCUT2D eigenvalue weighted by atomic mass is 10.1. The van der Waals surface area contributed by atoms with E-state index in [1.807, 2.05) is 0 Å². The normalized spacial score (nSPS) is 16.0. The molecule has 0 amide bonds. The highest BCUT2D eigenvalue weighted by Crippen LogP contribution is 2.15. The first-order chi connectivity index (χ1) is 6.59. The van der Waals surface area contributed by atoms with Crippen LogP contribution in [-0.4, -0.2) is 29.2 Å². The quantitative estimate of drug-likeness (QED) is 0.657. The van der Waals surface area contributed by atoms with Crippen molar-refractivity contribution in [3.8, 4) is 0 Å². The van der Waals surface area contributed by atoms with Gasteiger partial charge in [-0.1, -0.05) is 0 Å². The van der Waals surface area contributed by atoms with E-state index in [1.165, 1.54) is 6.08 Å². The standard InChI is InChI=1S/C9H10O5/c10-6-2-1-3-7(4-6)14-5-8(11)9(12)13/h4H,1-3,5H2,(H,12,13). The number of ether oxygens (including phenoxy) is 1. The molecule has 1 N–H and O–H groups in total. The summed E-state index contributed by atoms with van der Waals surface area (Å²) >= 11 is 0. The van der Waals surface area contributed by atoms with E-state index < -0.39 is 18.4 Å². The van der Waals surface area contributed by atoms with Gasteiger partial charge in [-0.2, -0.15) is 0 Å². The molecule has 0 aliphatic heterocycles. The van der Waals surface area contributed by atoms with E-state index in [0.717, 1.165) is 0 Å². The highest BCUT2D eigenvalue weighted by atomic mass is 16.5. The van der Waals surface area contributed by atoms with Gasteiger partial charge in [0.2, 0.25) is 0 Å². The first-order valence-electron chi connectivity index (χ1n) is 4.22.